The fourth-order valence-corrected chi connectivity index (χ4v) is 4.30. The lowest BCUT2D eigenvalue weighted by atomic mass is 9.84. The number of nitrogens with one attached hydrogen (secondary N) is 3. The van der Waals surface area contributed by atoms with Crippen molar-refractivity contribution in [1.82, 2.24) is 21.1 Å². The third-order valence-corrected chi connectivity index (χ3v) is 6.12. The van der Waals surface area contributed by atoms with Crippen LogP contribution in [0.5, 0.6) is 5.75 Å². The molecule has 2 aromatic carbocycles. The molecule has 33 heavy (non-hydrogen) atoms. The van der Waals surface area contributed by atoms with Crippen molar-refractivity contribution in [2.45, 2.75) is 38.3 Å². The van der Waals surface area contributed by atoms with E-state index in [4.69, 9.17) is 9.94 Å². The minimum Gasteiger partial charge on any atom is -0.489 e. The number of para-hydroxylation sites is 1. The Kier molecular flexibility index (Phi) is 6.86. The molecule has 2 amide bonds. The average Bonchev–Trinajstić information content (AvgIpc) is 2.83. The zero-order chi connectivity index (χ0) is 23.3. The summed E-state index contributed by atoms with van der Waals surface area (Å²) in [5.41, 5.74) is 4.28. The lowest BCUT2D eigenvalue weighted by molar-refractivity contribution is -0.130. The van der Waals surface area contributed by atoms with Crippen LogP contribution in [0.1, 0.15) is 40.7 Å². The van der Waals surface area contributed by atoms with Crippen molar-refractivity contribution in [2.24, 2.45) is 0 Å². The molecule has 1 aromatic heterocycles. The first kappa shape index (κ1) is 22.7. The van der Waals surface area contributed by atoms with Crippen molar-refractivity contribution in [3.05, 3.63) is 71.4 Å². The zero-order valence-corrected chi connectivity index (χ0v) is 18.6. The molecule has 0 atom stereocenters. The number of pyridine rings is 1. The standard InChI is InChI=1S/C25H28N4O4/c1-17-14-18(24(31)28-25(15-23(30)29-32)9-12-26-13-10-25)6-7-22(17)33-16-19-8-11-27-21-5-3-2-4-20(19)21/h2-8,11,14,26,32H,9-10,12-13,15-16H2,1H3,(H,28,31)(H,29,30). The second-order valence-electron chi connectivity index (χ2n) is 8.45. The summed E-state index contributed by atoms with van der Waals surface area (Å²) < 4.78 is 6.05. The van der Waals surface area contributed by atoms with Gasteiger partial charge in [0.05, 0.1) is 17.5 Å². The molecule has 4 N–H and O–H groups in total. The summed E-state index contributed by atoms with van der Waals surface area (Å²) in [5, 5.41) is 16.3. The molecule has 0 radical (unpaired) electrons. The van der Waals surface area contributed by atoms with E-state index in [1.807, 2.05) is 37.3 Å². The third-order valence-electron chi connectivity index (χ3n) is 6.12. The minimum atomic E-state index is -0.694. The molecule has 0 aliphatic carbocycles. The van der Waals surface area contributed by atoms with E-state index in [-0.39, 0.29) is 12.3 Å². The van der Waals surface area contributed by atoms with Gasteiger partial charge in [-0.15, -0.1) is 0 Å². The highest BCUT2D eigenvalue weighted by molar-refractivity contribution is 5.95. The summed E-state index contributed by atoms with van der Waals surface area (Å²) in [7, 11) is 0. The Hall–Kier alpha value is -3.49. The van der Waals surface area contributed by atoms with E-state index < -0.39 is 11.4 Å². The number of aryl methyl sites for hydroxylation is 1. The zero-order valence-electron chi connectivity index (χ0n) is 18.6. The molecular formula is C25H28N4O4. The quantitative estimate of drug-likeness (QED) is 0.327. The molecule has 2 heterocycles. The lowest BCUT2D eigenvalue weighted by Gasteiger charge is -2.37. The summed E-state index contributed by atoms with van der Waals surface area (Å²) in [5.74, 6) is -0.0677. The number of piperidine rings is 1. The Morgan fingerprint density at radius 2 is 1.94 bits per heavy atom. The Bertz CT molecular complexity index is 1150. The monoisotopic (exact) mass is 448 g/mol. The van der Waals surface area contributed by atoms with Crippen LogP contribution in [0, 0.1) is 6.92 Å². The fraction of sp³-hybridized carbons (Fsp3) is 0.320. The van der Waals surface area contributed by atoms with Crippen LogP contribution >= 0.6 is 0 Å². The molecule has 1 aliphatic heterocycles. The van der Waals surface area contributed by atoms with Crippen LogP contribution < -0.4 is 20.9 Å². The van der Waals surface area contributed by atoms with E-state index in [0.29, 0.717) is 43.9 Å². The van der Waals surface area contributed by atoms with Crippen LogP contribution in [0.2, 0.25) is 0 Å². The molecule has 8 nitrogen and oxygen atoms in total. The number of aromatic nitrogens is 1. The van der Waals surface area contributed by atoms with Crippen LogP contribution in [-0.4, -0.2) is 40.6 Å². The number of rotatable bonds is 7. The van der Waals surface area contributed by atoms with Gasteiger partial charge < -0.3 is 15.4 Å². The van der Waals surface area contributed by atoms with Crippen molar-refractivity contribution in [1.29, 1.82) is 0 Å². The molecule has 1 saturated heterocycles. The first-order valence-electron chi connectivity index (χ1n) is 11.0. The first-order valence-corrected chi connectivity index (χ1v) is 11.0. The Balaban J connectivity index is 1.46. The van der Waals surface area contributed by atoms with Gasteiger partial charge in [0.25, 0.3) is 5.91 Å². The molecule has 172 valence electrons. The van der Waals surface area contributed by atoms with Gasteiger partial charge >= 0.3 is 0 Å². The van der Waals surface area contributed by atoms with Crippen molar-refractivity contribution in [3.8, 4) is 5.75 Å². The van der Waals surface area contributed by atoms with Gasteiger partial charge in [0.1, 0.15) is 12.4 Å². The largest absolute Gasteiger partial charge is 0.489 e. The Morgan fingerprint density at radius 3 is 2.70 bits per heavy atom. The highest BCUT2D eigenvalue weighted by Gasteiger charge is 2.36. The predicted molar refractivity (Wildman–Crippen MR) is 124 cm³/mol. The maximum atomic E-state index is 13.0. The van der Waals surface area contributed by atoms with E-state index in [1.165, 1.54) is 0 Å². The number of fused-ring (bicyclic) bond motifs is 1. The molecule has 1 aliphatic rings. The predicted octanol–water partition coefficient (Wildman–Crippen LogP) is 2.87. The maximum Gasteiger partial charge on any atom is 0.251 e. The smallest absolute Gasteiger partial charge is 0.251 e. The molecule has 0 unspecified atom stereocenters. The normalized spacial score (nSPS) is 15.1. The average molecular weight is 449 g/mol. The highest BCUT2D eigenvalue weighted by Crippen LogP contribution is 2.26. The van der Waals surface area contributed by atoms with Crippen molar-refractivity contribution in [3.63, 3.8) is 0 Å². The molecule has 4 rings (SSSR count). The lowest BCUT2D eigenvalue weighted by Crippen LogP contribution is -2.56. The van der Waals surface area contributed by atoms with Gasteiger partial charge in [-0.05, 0) is 68.8 Å². The number of hydroxylamine groups is 1. The molecule has 0 bridgehead atoms. The molecule has 3 aromatic rings. The molecule has 0 spiro atoms. The summed E-state index contributed by atoms with van der Waals surface area (Å²) >= 11 is 0. The molecular weight excluding hydrogens is 420 g/mol. The third kappa shape index (κ3) is 5.30. The second-order valence-corrected chi connectivity index (χ2v) is 8.45. The van der Waals surface area contributed by atoms with Crippen molar-refractivity contribution < 1.29 is 19.5 Å². The van der Waals surface area contributed by atoms with E-state index >= 15 is 0 Å². The fourth-order valence-electron chi connectivity index (χ4n) is 4.30. The number of hydrogen-bond donors (Lipinski definition) is 4. The molecule has 1 fully saturated rings. The van der Waals surface area contributed by atoms with E-state index in [0.717, 1.165) is 22.0 Å². The maximum absolute atomic E-state index is 13.0. The van der Waals surface area contributed by atoms with Gasteiger partial charge in [-0.3, -0.25) is 19.8 Å². The van der Waals surface area contributed by atoms with Gasteiger partial charge in [-0.1, -0.05) is 18.2 Å². The van der Waals surface area contributed by atoms with Gasteiger partial charge in [0.15, 0.2) is 0 Å². The minimum absolute atomic E-state index is 0.0248. The van der Waals surface area contributed by atoms with Gasteiger partial charge in [-0.25, -0.2) is 5.48 Å². The molecule has 0 saturated carbocycles. The number of amides is 2. The van der Waals surface area contributed by atoms with Crippen LogP contribution in [0.15, 0.2) is 54.7 Å². The van der Waals surface area contributed by atoms with Crippen LogP contribution in [0.3, 0.4) is 0 Å². The summed E-state index contributed by atoms with van der Waals surface area (Å²) in [6.45, 7) is 3.67. The molecule has 8 heteroatoms. The van der Waals surface area contributed by atoms with E-state index in [2.05, 4.69) is 15.6 Å². The van der Waals surface area contributed by atoms with E-state index in [9.17, 15) is 9.59 Å². The summed E-state index contributed by atoms with van der Waals surface area (Å²) in [4.78, 5) is 29.2. The Labute approximate surface area is 192 Å². The number of hydrogen-bond acceptors (Lipinski definition) is 6. The SMILES string of the molecule is Cc1cc(C(=O)NC2(CC(=O)NO)CCNCC2)ccc1OCc1ccnc2ccccc12. The van der Waals surface area contributed by atoms with Gasteiger partial charge in [-0.2, -0.15) is 0 Å². The first-order chi connectivity index (χ1) is 16.0. The topological polar surface area (TPSA) is 113 Å². The number of benzene rings is 2. The Morgan fingerprint density at radius 1 is 1.15 bits per heavy atom. The summed E-state index contributed by atoms with van der Waals surface area (Å²) in [6, 6.07) is 15.2. The van der Waals surface area contributed by atoms with Crippen molar-refractivity contribution >= 4 is 22.7 Å². The highest BCUT2D eigenvalue weighted by atomic mass is 16.5. The van der Waals surface area contributed by atoms with Crippen LogP contribution in [0.25, 0.3) is 10.9 Å². The summed E-state index contributed by atoms with van der Waals surface area (Å²) in [6.07, 6.45) is 3.00. The number of nitrogens with zero attached hydrogens (tertiary/aromatic N) is 1. The number of carbonyl (C=O) groups excluding carboxylic acids is 2. The van der Waals surface area contributed by atoms with Crippen LogP contribution in [-0.2, 0) is 11.4 Å². The van der Waals surface area contributed by atoms with Crippen LogP contribution in [0.4, 0.5) is 0 Å². The van der Waals surface area contributed by atoms with Crippen molar-refractivity contribution in [2.75, 3.05) is 13.1 Å². The number of ether oxygens (including phenoxy) is 1. The second kappa shape index (κ2) is 9.97. The van der Waals surface area contributed by atoms with Gasteiger partial charge in [0, 0.05) is 22.7 Å². The van der Waals surface area contributed by atoms with Gasteiger partial charge in [0.2, 0.25) is 5.91 Å². The number of carbonyl (C=O) groups is 2. The van der Waals surface area contributed by atoms with E-state index in [1.54, 1.807) is 29.9 Å².